The first-order chi connectivity index (χ1) is 13.4. The lowest BCUT2D eigenvalue weighted by Gasteiger charge is -2.44. The number of nitrogens with zero attached hydrogens (tertiary/aromatic N) is 1. The van der Waals surface area contributed by atoms with Crippen LogP contribution < -0.4 is 11.1 Å². The quantitative estimate of drug-likeness (QED) is 0.487. The third-order valence-corrected chi connectivity index (χ3v) is 5.76. The van der Waals surface area contributed by atoms with Gasteiger partial charge in [-0.25, -0.2) is 4.79 Å². The van der Waals surface area contributed by atoms with Crippen LogP contribution in [0.4, 0.5) is 0 Å². The third-order valence-electron chi connectivity index (χ3n) is 5.76. The van der Waals surface area contributed by atoms with Crippen molar-refractivity contribution < 1.29 is 24.2 Å². The number of carbonyl (C=O) groups is 2. The summed E-state index contributed by atoms with van der Waals surface area (Å²) in [4.78, 5) is 25.4. The number of aliphatic carboxylic acids is 1. The number of carbonyl (C=O) groups excluding carboxylic acids is 1. The normalized spacial score (nSPS) is 31.3. The molecule has 1 heterocycles. The van der Waals surface area contributed by atoms with Crippen LogP contribution in [0.3, 0.4) is 0 Å². The lowest BCUT2D eigenvalue weighted by molar-refractivity contribution is -0.133. The van der Waals surface area contributed by atoms with Crippen molar-refractivity contribution >= 4 is 11.9 Å². The van der Waals surface area contributed by atoms with E-state index in [9.17, 15) is 14.7 Å². The molecule has 0 aromatic heterocycles. The van der Waals surface area contributed by atoms with Crippen LogP contribution in [0.5, 0.6) is 0 Å². The Balaban J connectivity index is 1.57. The number of ether oxygens (including phenoxy) is 2. The van der Waals surface area contributed by atoms with E-state index in [2.05, 4.69) is 10.2 Å². The Hall–Kier alpha value is -1.48. The molecular weight excluding hydrogens is 362 g/mol. The number of carboxylic acid groups (broad SMARTS) is 1. The Bertz CT molecular complexity index is 592. The Labute approximate surface area is 166 Å². The van der Waals surface area contributed by atoms with Gasteiger partial charge in [-0.15, -0.1) is 0 Å². The van der Waals surface area contributed by atoms with Crippen LogP contribution in [0.15, 0.2) is 11.6 Å². The molecule has 28 heavy (non-hydrogen) atoms. The average Bonchev–Trinajstić information content (AvgIpc) is 3.47. The molecule has 4 N–H and O–H groups in total. The largest absolute Gasteiger partial charge is 0.478 e. The molecule has 1 amide bonds. The number of piperidine rings is 1. The smallest absolute Gasteiger partial charge is 0.331 e. The fourth-order valence-electron chi connectivity index (χ4n) is 4.11. The van der Waals surface area contributed by atoms with Crippen LogP contribution in [0.25, 0.3) is 0 Å². The maximum Gasteiger partial charge on any atom is 0.331 e. The zero-order valence-corrected chi connectivity index (χ0v) is 16.6. The van der Waals surface area contributed by atoms with E-state index < -0.39 is 12.0 Å². The minimum Gasteiger partial charge on any atom is -0.478 e. The SMILES string of the molecule is CC(=O)N[C@H]1[C@H](N2CCC[C@@H](OCCOCC3CC3)C2)C=C(C(=O)O)C[C@@H]1N. The first-order valence-electron chi connectivity index (χ1n) is 10.3. The number of hydrogen-bond acceptors (Lipinski definition) is 6. The van der Waals surface area contributed by atoms with Gasteiger partial charge in [-0.1, -0.05) is 6.08 Å². The Kier molecular flexibility index (Phi) is 7.45. The zero-order chi connectivity index (χ0) is 20.1. The van der Waals surface area contributed by atoms with Crippen LogP contribution >= 0.6 is 0 Å². The summed E-state index contributed by atoms with van der Waals surface area (Å²) in [7, 11) is 0. The molecule has 0 bridgehead atoms. The van der Waals surface area contributed by atoms with Gasteiger partial charge >= 0.3 is 5.97 Å². The minimum absolute atomic E-state index is 0.0797. The van der Waals surface area contributed by atoms with Crippen LogP contribution in [0, 0.1) is 5.92 Å². The highest BCUT2D eigenvalue weighted by atomic mass is 16.5. The molecule has 3 rings (SSSR count). The van der Waals surface area contributed by atoms with Crippen LogP contribution in [-0.4, -0.2) is 79.0 Å². The molecule has 0 spiro atoms. The number of hydrogen-bond donors (Lipinski definition) is 3. The predicted octanol–water partition coefficient (Wildman–Crippen LogP) is 0.509. The molecule has 1 saturated heterocycles. The highest BCUT2D eigenvalue weighted by molar-refractivity contribution is 5.87. The van der Waals surface area contributed by atoms with E-state index in [-0.39, 0.29) is 30.5 Å². The number of nitrogens with one attached hydrogen (secondary N) is 1. The number of likely N-dealkylation sites (tertiary alicyclic amines) is 1. The molecule has 4 atom stereocenters. The second-order valence-electron chi connectivity index (χ2n) is 8.23. The third kappa shape index (κ3) is 6.01. The van der Waals surface area contributed by atoms with Crippen molar-refractivity contribution in [3.63, 3.8) is 0 Å². The van der Waals surface area contributed by atoms with E-state index in [1.807, 2.05) is 0 Å². The van der Waals surface area contributed by atoms with Crippen molar-refractivity contribution in [1.29, 1.82) is 0 Å². The number of carboxylic acids is 1. The Morgan fingerprint density at radius 1 is 1.32 bits per heavy atom. The lowest BCUT2D eigenvalue weighted by atomic mass is 9.85. The van der Waals surface area contributed by atoms with E-state index in [4.69, 9.17) is 15.2 Å². The van der Waals surface area contributed by atoms with Gasteiger partial charge in [-0.3, -0.25) is 9.69 Å². The van der Waals surface area contributed by atoms with Gasteiger partial charge in [0.15, 0.2) is 0 Å². The van der Waals surface area contributed by atoms with Gasteiger partial charge in [-0.05, 0) is 44.6 Å². The van der Waals surface area contributed by atoms with E-state index >= 15 is 0 Å². The fourth-order valence-corrected chi connectivity index (χ4v) is 4.11. The molecule has 8 heteroatoms. The maximum absolute atomic E-state index is 11.7. The molecule has 0 unspecified atom stereocenters. The molecular formula is C20H33N3O5. The standard InChI is InChI=1S/C20H33N3O5/c1-13(24)22-19-17(21)9-15(20(25)26)10-18(19)23-6-2-3-16(11-23)28-8-7-27-12-14-4-5-14/h10,14,16-19H,2-9,11-12,21H2,1H3,(H,22,24)(H,25,26)/t16-,17+,18-,19-/m1/s1. The maximum atomic E-state index is 11.7. The highest BCUT2D eigenvalue weighted by Gasteiger charge is 2.38. The molecule has 0 aromatic rings. The van der Waals surface area contributed by atoms with Gasteiger partial charge in [0.05, 0.1) is 31.4 Å². The minimum atomic E-state index is -0.945. The lowest BCUT2D eigenvalue weighted by Crippen LogP contribution is -2.62. The number of amides is 1. The number of rotatable bonds is 9. The summed E-state index contributed by atoms with van der Waals surface area (Å²) in [6, 6.07) is -0.973. The summed E-state index contributed by atoms with van der Waals surface area (Å²) in [5.74, 6) is -0.351. The van der Waals surface area contributed by atoms with E-state index in [1.54, 1.807) is 6.08 Å². The average molecular weight is 396 g/mol. The summed E-state index contributed by atoms with van der Waals surface area (Å²) in [6.07, 6.45) is 6.58. The molecule has 2 fully saturated rings. The molecule has 0 radical (unpaired) electrons. The van der Waals surface area contributed by atoms with Gasteiger partial charge in [0.1, 0.15) is 0 Å². The molecule has 0 aromatic carbocycles. The molecule has 1 aliphatic heterocycles. The molecule has 1 saturated carbocycles. The van der Waals surface area contributed by atoms with E-state index in [1.165, 1.54) is 19.8 Å². The van der Waals surface area contributed by atoms with E-state index in [0.29, 0.717) is 25.3 Å². The van der Waals surface area contributed by atoms with Gasteiger partial charge in [-0.2, -0.15) is 0 Å². The highest BCUT2D eigenvalue weighted by Crippen LogP contribution is 2.29. The summed E-state index contributed by atoms with van der Waals surface area (Å²) >= 11 is 0. The van der Waals surface area contributed by atoms with Crippen LogP contribution in [0.2, 0.25) is 0 Å². The van der Waals surface area contributed by atoms with E-state index in [0.717, 1.165) is 31.9 Å². The summed E-state index contributed by atoms with van der Waals surface area (Å²) in [6.45, 7) is 5.00. The zero-order valence-electron chi connectivity index (χ0n) is 16.6. The van der Waals surface area contributed by atoms with Crippen molar-refractivity contribution in [2.24, 2.45) is 11.7 Å². The Morgan fingerprint density at radius 2 is 2.11 bits per heavy atom. The van der Waals surface area contributed by atoms with Gasteiger partial charge in [0, 0.05) is 31.7 Å². The van der Waals surface area contributed by atoms with Crippen molar-refractivity contribution in [3.05, 3.63) is 11.6 Å². The summed E-state index contributed by atoms with van der Waals surface area (Å²) in [5.41, 5.74) is 6.55. The second-order valence-corrected chi connectivity index (χ2v) is 8.23. The van der Waals surface area contributed by atoms with Crippen molar-refractivity contribution in [1.82, 2.24) is 10.2 Å². The van der Waals surface area contributed by atoms with Crippen molar-refractivity contribution in [2.45, 2.75) is 63.3 Å². The molecule has 2 aliphatic carbocycles. The van der Waals surface area contributed by atoms with Crippen molar-refractivity contribution in [2.75, 3.05) is 32.9 Å². The second kappa shape index (κ2) is 9.82. The number of nitrogens with two attached hydrogens (primary N) is 1. The monoisotopic (exact) mass is 395 g/mol. The Morgan fingerprint density at radius 3 is 2.79 bits per heavy atom. The molecule has 3 aliphatic rings. The van der Waals surface area contributed by atoms with Gasteiger partial charge in [0.2, 0.25) is 5.91 Å². The van der Waals surface area contributed by atoms with Crippen LogP contribution in [0.1, 0.15) is 39.0 Å². The molecule has 8 nitrogen and oxygen atoms in total. The fraction of sp³-hybridized carbons (Fsp3) is 0.800. The predicted molar refractivity (Wildman–Crippen MR) is 104 cm³/mol. The molecule has 158 valence electrons. The van der Waals surface area contributed by atoms with Gasteiger partial charge < -0.3 is 25.6 Å². The first kappa shape index (κ1) is 21.2. The van der Waals surface area contributed by atoms with Crippen LogP contribution in [-0.2, 0) is 19.1 Å². The first-order valence-corrected chi connectivity index (χ1v) is 10.3. The summed E-state index contributed by atoms with van der Waals surface area (Å²) in [5, 5.41) is 12.4. The summed E-state index contributed by atoms with van der Waals surface area (Å²) < 4.78 is 11.6. The van der Waals surface area contributed by atoms with Gasteiger partial charge in [0.25, 0.3) is 0 Å². The van der Waals surface area contributed by atoms with Crippen molar-refractivity contribution in [3.8, 4) is 0 Å². The topological polar surface area (TPSA) is 114 Å².